The molecule has 1 heterocycles. The second kappa shape index (κ2) is 8.17. The number of amides is 1. The average Bonchev–Trinajstić information content (AvgIpc) is 2.48. The van der Waals surface area contributed by atoms with Crippen LogP contribution in [0.25, 0.3) is 0 Å². The average molecular weight is 319 g/mol. The molecule has 1 aromatic carbocycles. The summed E-state index contributed by atoms with van der Waals surface area (Å²) >= 11 is 0. The molecule has 1 amide bonds. The van der Waals surface area contributed by atoms with Crippen molar-refractivity contribution >= 4 is 18.3 Å². The first-order valence-corrected chi connectivity index (χ1v) is 6.56. The van der Waals surface area contributed by atoms with Gasteiger partial charge in [0.15, 0.2) is 0 Å². The van der Waals surface area contributed by atoms with E-state index in [2.05, 4.69) is 10.6 Å². The van der Waals surface area contributed by atoms with Crippen LogP contribution >= 0.6 is 12.4 Å². The maximum atomic E-state index is 13.3. The Morgan fingerprint density at radius 2 is 2.33 bits per heavy atom. The van der Waals surface area contributed by atoms with Crippen LogP contribution in [-0.2, 0) is 9.53 Å². The van der Waals surface area contributed by atoms with Crippen molar-refractivity contribution in [3.05, 3.63) is 29.6 Å². The molecule has 0 spiro atoms. The van der Waals surface area contributed by atoms with Crippen LogP contribution in [0.15, 0.2) is 18.2 Å². The van der Waals surface area contributed by atoms with Gasteiger partial charge in [0.25, 0.3) is 0 Å². The molecule has 7 heteroatoms. The molecule has 2 atom stereocenters. The van der Waals surface area contributed by atoms with Crippen molar-refractivity contribution in [1.82, 2.24) is 10.6 Å². The highest BCUT2D eigenvalue weighted by Gasteiger charge is 2.23. The largest absolute Gasteiger partial charge is 0.496 e. The second-order valence-electron chi connectivity index (χ2n) is 4.70. The third-order valence-electron chi connectivity index (χ3n) is 3.26. The van der Waals surface area contributed by atoms with Crippen LogP contribution in [0.3, 0.4) is 0 Å². The predicted molar refractivity (Wildman–Crippen MR) is 79.4 cm³/mol. The van der Waals surface area contributed by atoms with Gasteiger partial charge in [0.2, 0.25) is 5.91 Å². The van der Waals surface area contributed by atoms with Crippen molar-refractivity contribution in [1.29, 1.82) is 0 Å². The maximum Gasteiger partial charge on any atom is 0.240 e. The van der Waals surface area contributed by atoms with E-state index in [4.69, 9.17) is 9.47 Å². The van der Waals surface area contributed by atoms with E-state index in [1.807, 2.05) is 0 Å². The summed E-state index contributed by atoms with van der Waals surface area (Å²) in [5.74, 6) is 0.0246. The lowest BCUT2D eigenvalue weighted by Gasteiger charge is -2.25. The topological polar surface area (TPSA) is 59.6 Å². The van der Waals surface area contributed by atoms with E-state index in [-0.39, 0.29) is 36.2 Å². The van der Waals surface area contributed by atoms with E-state index in [1.54, 1.807) is 13.0 Å². The highest BCUT2D eigenvalue weighted by atomic mass is 35.5. The molecule has 1 saturated heterocycles. The standard InChI is InChI=1S/C14H19FN2O3.ClH/c1-9(11-7-10(15)3-4-13(11)19-2)17-14(18)12-8-20-6-5-16-12;/h3-4,7,9,12,16H,5-6,8H2,1-2H3,(H,17,18);1H. The highest BCUT2D eigenvalue weighted by Crippen LogP contribution is 2.25. The number of ether oxygens (including phenoxy) is 2. The first-order valence-electron chi connectivity index (χ1n) is 6.56. The van der Waals surface area contributed by atoms with Gasteiger partial charge in [0.05, 0.1) is 26.4 Å². The molecule has 2 rings (SSSR count). The summed E-state index contributed by atoms with van der Waals surface area (Å²) in [6.07, 6.45) is 0. The molecule has 0 aliphatic carbocycles. The highest BCUT2D eigenvalue weighted by molar-refractivity contribution is 5.85. The van der Waals surface area contributed by atoms with E-state index in [0.29, 0.717) is 31.1 Å². The van der Waals surface area contributed by atoms with Crippen LogP contribution in [0.2, 0.25) is 0 Å². The summed E-state index contributed by atoms with van der Waals surface area (Å²) < 4.78 is 23.8. The minimum Gasteiger partial charge on any atom is -0.496 e. The van der Waals surface area contributed by atoms with Crippen LogP contribution in [0.4, 0.5) is 4.39 Å². The SMILES string of the molecule is COc1ccc(F)cc1C(C)NC(=O)C1COCCN1.Cl. The zero-order valence-corrected chi connectivity index (χ0v) is 12.8. The van der Waals surface area contributed by atoms with E-state index in [0.717, 1.165) is 0 Å². The molecule has 2 N–H and O–H groups in total. The van der Waals surface area contributed by atoms with Crippen LogP contribution in [-0.4, -0.2) is 38.8 Å². The number of morpholine rings is 1. The van der Waals surface area contributed by atoms with Gasteiger partial charge in [0, 0.05) is 12.1 Å². The van der Waals surface area contributed by atoms with Crippen LogP contribution in [0, 0.1) is 5.82 Å². The molecule has 21 heavy (non-hydrogen) atoms. The third-order valence-corrected chi connectivity index (χ3v) is 3.26. The predicted octanol–water partition coefficient (Wildman–Crippen LogP) is 1.42. The fourth-order valence-corrected chi connectivity index (χ4v) is 2.17. The fourth-order valence-electron chi connectivity index (χ4n) is 2.17. The molecule has 1 fully saturated rings. The molecule has 5 nitrogen and oxygen atoms in total. The molecular formula is C14H20ClFN2O3. The Morgan fingerprint density at radius 1 is 1.57 bits per heavy atom. The van der Waals surface area contributed by atoms with E-state index < -0.39 is 0 Å². The van der Waals surface area contributed by atoms with Gasteiger partial charge in [0.1, 0.15) is 17.6 Å². The van der Waals surface area contributed by atoms with Crippen molar-refractivity contribution in [2.45, 2.75) is 19.0 Å². The number of carbonyl (C=O) groups is 1. The number of halogens is 2. The molecule has 0 radical (unpaired) electrons. The Labute approximate surface area is 129 Å². The molecule has 118 valence electrons. The van der Waals surface area contributed by atoms with Gasteiger partial charge in [-0.2, -0.15) is 0 Å². The van der Waals surface area contributed by atoms with Crippen molar-refractivity contribution in [3.63, 3.8) is 0 Å². The number of nitrogens with one attached hydrogen (secondary N) is 2. The van der Waals surface area contributed by atoms with E-state index in [1.165, 1.54) is 19.2 Å². The molecule has 1 aromatic rings. The minimum absolute atomic E-state index is 0. The zero-order valence-electron chi connectivity index (χ0n) is 12.0. The van der Waals surface area contributed by atoms with Gasteiger partial charge >= 0.3 is 0 Å². The molecular weight excluding hydrogens is 299 g/mol. The quantitative estimate of drug-likeness (QED) is 0.881. The van der Waals surface area contributed by atoms with Gasteiger partial charge in [-0.1, -0.05) is 0 Å². The van der Waals surface area contributed by atoms with Crippen LogP contribution in [0.5, 0.6) is 5.75 Å². The molecule has 1 aliphatic rings. The first kappa shape index (κ1) is 17.7. The second-order valence-corrected chi connectivity index (χ2v) is 4.70. The normalized spacial score (nSPS) is 19.3. The molecule has 0 aromatic heterocycles. The number of methoxy groups -OCH3 is 1. The smallest absolute Gasteiger partial charge is 0.240 e. The Kier molecular flexibility index (Phi) is 6.87. The number of hydrogen-bond acceptors (Lipinski definition) is 4. The van der Waals surface area contributed by atoms with Gasteiger partial charge in [-0.3, -0.25) is 4.79 Å². The van der Waals surface area contributed by atoms with Crippen molar-refractivity contribution in [3.8, 4) is 5.75 Å². The van der Waals surface area contributed by atoms with Gasteiger partial charge < -0.3 is 20.1 Å². The fraction of sp³-hybridized carbons (Fsp3) is 0.500. The number of hydrogen-bond donors (Lipinski definition) is 2. The van der Waals surface area contributed by atoms with Crippen molar-refractivity contribution in [2.24, 2.45) is 0 Å². The molecule has 0 bridgehead atoms. The van der Waals surface area contributed by atoms with Crippen LogP contribution in [0.1, 0.15) is 18.5 Å². The lowest BCUT2D eigenvalue weighted by molar-refractivity contribution is -0.126. The lowest BCUT2D eigenvalue weighted by atomic mass is 10.1. The minimum atomic E-state index is -0.370. The first-order chi connectivity index (χ1) is 9.61. The monoisotopic (exact) mass is 318 g/mol. The Morgan fingerprint density at radius 3 is 2.95 bits per heavy atom. The van der Waals surface area contributed by atoms with Crippen molar-refractivity contribution in [2.75, 3.05) is 26.9 Å². The summed E-state index contributed by atoms with van der Waals surface area (Å²) in [6, 6.07) is 3.53. The maximum absolute atomic E-state index is 13.3. The third kappa shape index (κ3) is 4.56. The van der Waals surface area contributed by atoms with Gasteiger partial charge in [-0.05, 0) is 25.1 Å². The Balaban J connectivity index is 0.00000220. The van der Waals surface area contributed by atoms with Gasteiger partial charge in [-0.15, -0.1) is 12.4 Å². The summed E-state index contributed by atoms with van der Waals surface area (Å²) in [7, 11) is 1.52. The number of rotatable bonds is 4. The van der Waals surface area contributed by atoms with E-state index >= 15 is 0 Å². The Bertz CT molecular complexity index is 481. The zero-order chi connectivity index (χ0) is 14.5. The Hall–Kier alpha value is -1.37. The molecule has 1 aliphatic heterocycles. The molecule has 0 saturated carbocycles. The van der Waals surface area contributed by atoms with Crippen LogP contribution < -0.4 is 15.4 Å². The summed E-state index contributed by atoms with van der Waals surface area (Å²) in [5, 5.41) is 5.91. The van der Waals surface area contributed by atoms with Crippen molar-refractivity contribution < 1.29 is 18.7 Å². The summed E-state index contributed by atoms with van der Waals surface area (Å²) in [5.41, 5.74) is 0.609. The van der Waals surface area contributed by atoms with E-state index in [9.17, 15) is 9.18 Å². The number of carbonyl (C=O) groups excluding carboxylic acids is 1. The van der Waals surface area contributed by atoms with Gasteiger partial charge in [-0.25, -0.2) is 4.39 Å². The molecule has 2 unspecified atom stereocenters. The summed E-state index contributed by atoms with van der Waals surface area (Å²) in [4.78, 5) is 12.1. The lowest BCUT2D eigenvalue weighted by Crippen LogP contribution is -2.51. The summed E-state index contributed by atoms with van der Waals surface area (Å²) in [6.45, 7) is 3.39. The number of benzene rings is 1.